The zero-order valence-corrected chi connectivity index (χ0v) is 19.5. The predicted octanol–water partition coefficient (Wildman–Crippen LogP) is 3.92. The monoisotopic (exact) mass is 466 g/mol. The number of hydrogen-bond acceptors (Lipinski definition) is 7. The molecule has 176 valence electrons. The zero-order valence-electron chi connectivity index (χ0n) is 18.8. The molecule has 0 aromatic rings. The van der Waals surface area contributed by atoms with Gasteiger partial charge in [-0.3, -0.25) is 4.79 Å². The predicted molar refractivity (Wildman–Crippen MR) is 116 cm³/mol. The van der Waals surface area contributed by atoms with Crippen LogP contribution < -0.4 is 0 Å². The highest BCUT2D eigenvalue weighted by atomic mass is 35.5. The summed E-state index contributed by atoms with van der Waals surface area (Å²) in [6.45, 7) is 5.78. The number of halogens is 1. The van der Waals surface area contributed by atoms with Crippen molar-refractivity contribution in [3.05, 3.63) is 23.8 Å². The van der Waals surface area contributed by atoms with Gasteiger partial charge >= 0.3 is 12.1 Å². The van der Waals surface area contributed by atoms with Crippen molar-refractivity contribution in [3.8, 4) is 0 Å². The standard InChI is InChI=1S/C24H31ClO7/c1-4-30-21(29)32-24(20(28)31-13-25)10-7-16-15-6-9-22(2)8-5-14(26)11-17(22)19(15)18(27)12-23(16,24)3/h5,8,11,15-16,18-19,27H,4,6-7,9-10,12-13H2,1-3H3/t15-,16-,18-,19-,22+,23-,24-/m0/s1. The van der Waals surface area contributed by atoms with Gasteiger partial charge in [0.05, 0.1) is 12.7 Å². The molecule has 0 aromatic carbocycles. The van der Waals surface area contributed by atoms with Crippen molar-refractivity contribution < 1.29 is 33.7 Å². The Kier molecular flexibility index (Phi) is 5.95. The molecule has 8 heteroatoms. The van der Waals surface area contributed by atoms with Gasteiger partial charge in [-0.15, -0.1) is 0 Å². The summed E-state index contributed by atoms with van der Waals surface area (Å²) in [6.07, 6.45) is 6.36. The van der Waals surface area contributed by atoms with Crippen LogP contribution in [0, 0.1) is 28.6 Å². The minimum absolute atomic E-state index is 0.000315. The molecule has 0 bridgehead atoms. The molecular weight excluding hydrogens is 436 g/mol. The lowest BCUT2D eigenvalue weighted by molar-refractivity contribution is -0.195. The molecule has 0 aliphatic heterocycles. The van der Waals surface area contributed by atoms with Gasteiger partial charge in [-0.05, 0) is 63.0 Å². The summed E-state index contributed by atoms with van der Waals surface area (Å²) in [7, 11) is 0. The molecule has 0 unspecified atom stereocenters. The lowest BCUT2D eigenvalue weighted by atomic mass is 9.48. The van der Waals surface area contributed by atoms with Crippen LogP contribution in [-0.2, 0) is 23.8 Å². The SMILES string of the molecule is CCOC(=O)O[C@]1(C(=O)OCCl)CC[C@H]2[C@@H]3CC[C@@]4(C)C=CC(=O)C=C4[C@H]3[C@@H](O)C[C@@]21C. The van der Waals surface area contributed by atoms with Gasteiger partial charge in [-0.2, -0.15) is 0 Å². The van der Waals surface area contributed by atoms with E-state index in [-0.39, 0.29) is 54.5 Å². The molecule has 0 radical (unpaired) electrons. The second-order valence-electron chi connectivity index (χ2n) is 9.97. The van der Waals surface area contributed by atoms with Crippen LogP contribution in [0.2, 0.25) is 0 Å². The lowest BCUT2D eigenvalue weighted by Crippen LogP contribution is -2.61. The number of aliphatic hydroxyl groups is 1. The van der Waals surface area contributed by atoms with Crippen molar-refractivity contribution in [3.63, 3.8) is 0 Å². The Morgan fingerprint density at radius 1 is 1.22 bits per heavy atom. The summed E-state index contributed by atoms with van der Waals surface area (Å²) in [4.78, 5) is 37.7. The van der Waals surface area contributed by atoms with Crippen molar-refractivity contribution >= 4 is 29.5 Å². The van der Waals surface area contributed by atoms with Crippen LogP contribution in [0.5, 0.6) is 0 Å². The van der Waals surface area contributed by atoms with Gasteiger partial charge in [-0.1, -0.05) is 37.1 Å². The maximum atomic E-state index is 13.2. The number of carbonyl (C=O) groups is 3. The summed E-state index contributed by atoms with van der Waals surface area (Å²) < 4.78 is 15.9. The molecule has 4 aliphatic rings. The topological polar surface area (TPSA) is 99.1 Å². The molecule has 0 spiro atoms. The van der Waals surface area contributed by atoms with Crippen LogP contribution in [0.25, 0.3) is 0 Å². The van der Waals surface area contributed by atoms with E-state index in [0.29, 0.717) is 6.42 Å². The van der Waals surface area contributed by atoms with Gasteiger partial charge < -0.3 is 19.3 Å². The molecule has 32 heavy (non-hydrogen) atoms. The van der Waals surface area contributed by atoms with E-state index in [2.05, 4.69) is 6.92 Å². The third kappa shape index (κ3) is 3.31. The number of alkyl halides is 1. The Morgan fingerprint density at radius 2 is 1.97 bits per heavy atom. The van der Waals surface area contributed by atoms with E-state index in [1.165, 1.54) is 0 Å². The zero-order chi connectivity index (χ0) is 23.3. The number of fused-ring (bicyclic) bond motifs is 5. The van der Waals surface area contributed by atoms with E-state index in [9.17, 15) is 19.5 Å². The van der Waals surface area contributed by atoms with Crippen LogP contribution in [0.1, 0.15) is 52.9 Å². The number of ketones is 1. The van der Waals surface area contributed by atoms with E-state index in [1.807, 2.05) is 13.0 Å². The number of esters is 1. The van der Waals surface area contributed by atoms with Crippen molar-refractivity contribution in [1.29, 1.82) is 0 Å². The summed E-state index contributed by atoms with van der Waals surface area (Å²) in [5.41, 5.74) is -1.71. The van der Waals surface area contributed by atoms with E-state index >= 15 is 0 Å². The van der Waals surface area contributed by atoms with E-state index < -0.39 is 29.2 Å². The van der Waals surface area contributed by atoms with Gasteiger partial charge in [0.15, 0.2) is 11.8 Å². The molecule has 0 amide bonds. The molecule has 3 fully saturated rings. The van der Waals surface area contributed by atoms with Gasteiger partial charge in [0, 0.05) is 16.7 Å². The first-order valence-corrected chi connectivity index (χ1v) is 11.9. The first-order chi connectivity index (χ1) is 15.1. The van der Waals surface area contributed by atoms with Crippen molar-refractivity contribution in [2.75, 3.05) is 12.7 Å². The van der Waals surface area contributed by atoms with Gasteiger partial charge in [0.2, 0.25) is 5.60 Å². The highest BCUT2D eigenvalue weighted by Crippen LogP contribution is 2.67. The number of aliphatic hydroxyl groups excluding tert-OH is 1. The van der Waals surface area contributed by atoms with Crippen LogP contribution in [0.4, 0.5) is 4.79 Å². The minimum atomic E-state index is -1.58. The third-order valence-electron chi connectivity index (χ3n) is 8.54. The van der Waals surface area contributed by atoms with Crippen molar-refractivity contribution in [1.82, 2.24) is 0 Å². The Bertz CT molecular complexity index is 882. The molecule has 0 saturated heterocycles. The van der Waals surface area contributed by atoms with E-state index in [1.54, 1.807) is 19.1 Å². The second-order valence-corrected chi connectivity index (χ2v) is 10.2. The maximum Gasteiger partial charge on any atom is 0.509 e. The van der Waals surface area contributed by atoms with E-state index in [4.69, 9.17) is 25.8 Å². The fourth-order valence-electron chi connectivity index (χ4n) is 7.08. The van der Waals surface area contributed by atoms with Gasteiger partial charge in [0.25, 0.3) is 0 Å². The first-order valence-electron chi connectivity index (χ1n) is 11.3. The average molecular weight is 467 g/mol. The smallest absolute Gasteiger partial charge is 0.446 e. The molecular formula is C24H31ClO7. The normalized spacial score (nSPS) is 42.3. The van der Waals surface area contributed by atoms with Crippen molar-refractivity contribution in [2.45, 2.75) is 64.6 Å². The highest BCUT2D eigenvalue weighted by Gasteiger charge is 2.71. The molecule has 7 nitrogen and oxygen atoms in total. The summed E-state index contributed by atoms with van der Waals surface area (Å²) in [5.74, 6) is -0.885. The number of carbonyl (C=O) groups excluding carboxylic acids is 3. The Balaban J connectivity index is 1.73. The third-order valence-corrected chi connectivity index (χ3v) is 8.65. The van der Waals surface area contributed by atoms with Crippen molar-refractivity contribution in [2.24, 2.45) is 28.6 Å². The molecule has 0 heterocycles. The molecule has 0 aromatic heterocycles. The second kappa shape index (κ2) is 8.17. The Hall–Kier alpha value is -1.86. The fraction of sp³-hybridized carbons (Fsp3) is 0.708. The first kappa shape index (κ1) is 23.3. The quantitative estimate of drug-likeness (QED) is 0.495. The molecule has 7 atom stereocenters. The summed E-state index contributed by atoms with van der Waals surface area (Å²) in [5, 5.41) is 11.4. The van der Waals surface area contributed by atoms with Crippen LogP contribution >= 0.6 is 11.6 Å². The molecule has 4 rings (SSSR count). The van der Waals surface area contributed by atoms with Gasteiger partial charge in [0.1, 0.15) is 0 Å². The largest absolute Gasteiger partial charge is 0.509 e. The molecule has 1 N–H and O–H groups in total. The minimum Gasteiger partial charge on any atom is -0.446 e. The van der Waals surface area contributed by atoms with Gasteiger partial charge in [-0.25, -0.2) is 9.59 Å². The van der Waals surface area contributed by atoms with Crippen LogP contribution in [0.3, 0.4) is 0 Å². The fourth-order valence-corrected chi connectivity index (χ4v) is 7.18. The molecule has 3 saturated carbocycles. The molecule has 4 aliphatic carbocycles. The Morgan fingerprint density at radius 3 is 2.66 bits per heavy atom. The number of allylic oxidation sites excluding steroid dienone is 3. The number of ether oxygens (including phenoxy) is 3. The highest BCUT2D eigenvalue weighted by molar-refractivity contribution is 6.17. The number of hydrogen-bond donors (Lipinski definition) is 1. The maximum absolute atomic E-state index is 13.2. The lowest BCUT2D eigenvalue weighted by Gasteiger charge is -2.57. The van der Waals surface area contributed by atoms with E-state index in [0.717, 1.165) is 18.4 Å². The summed E-state index contributed by atoms with van der Waals surface area (Å²) in [6, 6.07) is -0.359. The van der Waals surface area contributed by atoms with Crippen LogP contribution in [-0.4, -0.2) is 47.4 Å². The summed E-state index contributed by atoms with van der Waals surface area (Å²) >= 11 is 5.69. The number of rotatable bonds is 4. The van der Waals surface area contributed by atoms with Crippen LogP contribution in [0.15, 0.2) is 23.8 Å². The average Bonchev–Trinajstić information content (AvgIpc) is 3.01. The Labute approximate surface area is 193 Å².